The Morgan fingerprint density at radius 3 is 2.80 bits per heavy atom. The fourth-order valence-corrected chi connectivity index (χ4v) is 3.66. The molecule has 25 heavy (non-hydrogen) atoms. The van der Waals surface area contributed by atoms with Crippen LogP contribution in [0.15, 0.2) is 46.9 Å². The van der Waals surface area contributed by atoms with Crippen LogP contribution in [0.1, 0.15) is 4.88 Å². The molecule has 132 valence electrons. The van der Waals surface area contributed by atoms with Gasteiger partial charge in [0.15, 0.2) is 11.0 Å². The van der Waals surface area contributed by atoms with Crippen molar-refractivity contribution < 1.29 is 14.2 Å². The number of nitrogens with zero attached hydrogens (tertiary/aromatic N) is 3. The topological polar surface area (TPSA) is 60.2 Å². The molecule has 0 aliphatic rings. The summed E-state index contributed by atoms with van der Waals surface area (Å²) in [4.78, 5) is 1.14. The van der Waals surface area contributed by atoms with Gasteiger partial charge < -0.3 is 14.4 Å². The van der Waals surface area contributed by atoms with Gasteiger partial charge >= 0.3 is 0 Å². The van der Waals surface area contributed by atoms with Crippen molar-refractivity contribution in [2.45, 2.75) is 17.9 Å². The lowest BCUT2D eigenvalue weighted by atomic mass is 10.2. The summed E-state index contributed by atoms with van der Waals surface area (Å²) in [5.74, 6) is 0.831. The molecule has 0 fully saturated rings. The number of benzene rings is 1. The second-order valence-corrected chi connectivity index (χ2v) is 7.45. The first-order chi connectivity index (χ1) is 12.1. The Labute approximate surface area is 153 Å². The zero-order valence-corrected chi connectivity index (χ0v) is 15.3. The van der Waals surface area contributed by atoms with Gasteiger partial charge in [-0.3, -0.25) is 0 Å². The standard InChI is InChI=1S/C17H18FN3O2S2/c1-21-16(12-4-6-13(18)7-5-12)19-20-17(21)25-11-14(22)9-23-10-15-3-2-8-24-15/h2-8,14,22H,9-11H2,1H3/t14-/m0/s1. The van der Waals surface area contributed by atoms with Crippen molar-refractivity contribution >= 4 is 23.1 Å². The van der Waals surface area contributed by atoms with Crippen LogP contribution in [0.25, 0.3) is 11.4 Å². The maximum atomic E-state index is 13.0. The fraction of sp³-hybridized carbons (Fsp3) is 0.294. The highest BCUT2D eigenvalue weighted by molar-refractivity contribution is 7.99. The molecule has 0 aliphatic carbocycles. The lowest BCUT2D eigenvalue weighted by molar-refractivity contribution is 0.0408. The van der Waals surface area contributed by atoms with Crippen LogP contribution in [0.5, 0.6) is 0 Å². The second-order valence-electron chi connectivity index (χ2n) is 5.43. The summed E-state index contributed by atoms with van der Waals surface area (Å²) < 4.78 is 20.4. The first-order valence-corrected chi connectivity index (χ1v) is 9.56. The summed E-state index contributed by atoms with van der Waals surface area (Å²) in [6, 6.07) is 10.1. The number of rotatable bonds is 8. The fourth-order valence-electron chi connectivity index (χ4n) is 2.20. The maximum absolute atomic E-state index is 13.0. The molecule has 0 bridgehead atoms. The summed E-state index contributed by atoms with van der Waals surface area (Å²) in [7, 11) is 1.85. The maximum Gasteiger partial charge on any atom is 0.191 e. The van der Waals surface area contributed by atoms with E-state index in [0.29, 0.717) is 23.3 Å². The van der Waals surface area contributed by atoms with Gasteiger partial charge in [0.05, 0.1) is 19.3 Å². The summed E-state index contributed by atoms with van der Waals surface area (Å²) in [6.07, 6.45) is -0.587. The Morgan fingerprint density at radius 2 is 2.08 bits per heavy atom. The lowest BCUT2D eigenvalue weighted by Crippen LogP contribution is -2.18. The van der Waals surface area contributed by atoms with Crippen molar-refractivity contribution in [3.63, 3.8) is 0 Å². The van der Waals surface area contributed by atoms with Gasteiger partial charge in [-0.05, 0) is 35.7 Å². The van der Waals surface area contributed by atoms with E-state index < -0.39 is 6.10 Å². The first kappa shape index (κ1) is 18.1. The molecule has 2 heterocycles. The highest BCUT2D eigenvalue weighted by Gasteiger charge is 2.13. The van der Waals surface area contributed by atoms with Crippen LogP contribution >= 0.6 is 23.1 Å². The molecule has 2 aromatic heterocycles. The van der Waals surface area contributed by atoms with Crippen molar-refractivity contribution in [2.24, 2.45) is 7.05 Å². The number of thioether (sulfide) groups is 1. The molecule has 0 spiro atoms. The first-order valence-electron chi connectivity index (χ1n) is 7.70. The Hall–Kier alpha value is -1.74. The number of aliphatic hydroxyl groups excluding tert-OH is 1. The van der Waals surface area contributed by atoms with E-state index in [1.807, 2.05) is 29.1 Å². The predicted octanol–water partition coefficient (Wildman–Crippen LogP) is 3.35. The van der Waals surface area contributed by atoms with E-state index in [1.165, 1.54) is 23.9 Å². The molecule has 0 aliphatic heterocycles. The molecular weight excluding hydrogens is 361 g/mol. The van der Waals surface area contributed by atoms with E-state index in [1.54, 1.807) is 23.5 Å². The molecule has 1 N–H and O–H groups in total. The third kappa shape index (κ3) is 4.88. The highest BCUT2D eigenvalue weighted by Crippen LogP contribution is 2.23. The van der Waals surface area contributed by atoms with Crippen LogP contribution < -0.4 is 0 Å². The molecule has 1 atom stereocenters. The number of aliphatic hydroxyl groups is 1. The quantitative estimate of drug-likeness (QED) is 0.608. The van der Waals surface area contributed by atoms with Gasteiger partial charge in [-0.2, -0.15) is 0 Å². The van der Waals surface area contributed by atoms with Crippen LogP contribution in [-0.4, -0.2) is 38.3 Å². The smallest absolute Gasteiger partial charge is 0.191 e. The lowest BCUT2D eigenvalue weighted by Gasteiger charge is -2.10. The van der Waals surface area contributed by atoms with Gasteiger partial charge in [0, 0.05) is 23.2 Å². The van der Waals surface area contributed by atoms with E-state index >= 15 is 0 Å². The van der Waals surface area contributed by atoms with Crippen molar-refractivity contribution in [2.75, 3.05) is 12.4 Å². The Kier molecular flexibility index (Phi) is 6.19. The number of hydrogen-bond donors (Lipinski definition) is 1. The number of hydrogen-bond acceptors (Lipinski definition) is 6. The monoisotopic (exact) mass is 379 g/mol. The molecule has 0 unspecified atom stereocenters. The SMILES string of the molecule is Cn1c(SC[C@@H](O)COCc2cccs2)nnc1-c1ccc(F)cc1. The van der Waals surface area contributed by atoms with E-state index in [-0.39, 0.29) is 12.4 Å². The molecule has 5 nitrogen and oxygen atoms in total. The molecule has 3 aromatic rings. The van der Waals surface area contributed by atoms with Gasteiger partial charge in [-0.1, -0.05) is 17.8 Å². The summed E-state index contributed by atoms with van der Waals surface area (Å²) in [6.45, 7) is 0.783. The number of thiophene rings is 1. The third-order valence-corrected chi connectivity index (χ3v) is 5.49. The minimum atomic E-state index is -0.587. The molecule has 0 radical (unpaired) electrons. The van der Waals surface area contributed by atoms with E-state index in [2.05, 4.69) is 10.2 Å². The largest absolute Gasteiger partial charge is 0.390 e. The molecular formula is C17H18FN3O2S2. The number of ether oxygens (including phenoxy) is 1. The van der Waals surface area contributed by atoms with Crippen molar-refractivity contribution in [1.82, 2.24) is 14.8 Å². The van der Waals surface area contributed by atoms with E-state index in [9.17, 15) is 9.50 Å². The Morgan fingerprint density at radius 1 is 1.28 bits per heavy atom. The zero-order valence-electron chi connectivity index (χ0n) is 13.6. The molecule has 0 amide bonds. The van der Waals surface area contributed by atoms with Crippen LogP contribution in [-0.2, 0) is 18.4 Å². The summed E-state index contributed by atoms with van der Waals surface area (Å²) >= 11 is 3.04. The summed E-state index contributed by atoms with van der Waals surface area (Å²) in [5, 5.41) is 21.0. The second kappa shape index (κ2) is 8.57. The van der Waals surface area contributed by atoms with Gasteiger partial charge in [-0.25, -0.2) is 4.39 Å². The Balaban J connectivity index is 1.50. The number of halogens is 1. The average Bonchev–Trinajstić information content (AvgIpc) is 3.24. The van der Waals surface area contributed by atoms with Gasteiger partial charge in [0.25, 0.3) is 0 Å². The summed E-state index contributed by atoms with van der Waals surface area (Å²) in [5.41, 5.74) is 0.795. The van der Waals surface area contributed by atoms with E-state index in [0.717, 1.165) is 10.4 Å². The van der Waals surface area contributed by atoms with E-state index in [4.69, 9.17) is 4.74 Å². The molecule has 0 saturated carbocycles. The normalized spacial score (nSPS) is 12.4. The van der Waals surface area contributed by atoms with Gasteiger partial charge in [0.1, 0.15) is 5.82 Å². The average molecular weight is 379 g/mol. The molecule has 8 heteroatoms. The number of aromatic nitrogens is 3. The van der Waals surface area contributed by atoms with Crippen LogP contribution in [0, 0.1) is 5.82 Å². The highest BCUT2D eigenvalue weighted by atomic mass is 32.2. The van der Waals surface area contributed by atoms with Crippen molar-refractivity contribution in [3.05, 3.63) is 52.5 Å². The Bertz CT molecular complexity index is 791. The minimum Gasteiger partial charge on any atom is -0.390 e. The minimum absolute atomic E-state index is 0.271. The predicted molar refractivity (Wildman–Crippen MR) is 97.1 cm³/mol. The zero-order chi connectivity index (χ0) is 17.6. The van der Waals surface area contributed by atoms with Crippen LogP contribution in [0.4, 0.5) is 4.39 Å². The van der Waals surface area contributed by atoms with Crippen molar-refractivity contribution in [1.29, 1.82) is 0 Å². The molecule has 3 rings (SSSR count). The van der Waals surface area contributed by atoms with Crippen LogP contribution in [0.3, 0.4) is 0 Å². The molecule has 0 saturated heterocycles. The van der Waals surface area contributed by atoms with Crippen LogP contribution in [0.2, 0.25) is 0 Å². The van der Waals surface area contributed by atoms with Gasteiger partial charge in [-0.15, -0.1) is 21.5 Å². The van der Waals surface area contributed by atoms with Gasteiger partial charge in [0.2, 0.25) is 0 Å². The molecule has 1 aromatic carbocycles. The third-order valence-electron chi connectivity index (χ3n) is 3.48. The van der Waals surface area contributed by atoms with Crippen molar-refractivity contribution in [3.8, 4) is 11.4 Å².